The van der Waals surface area contributed by atoms with E-state index in [9.17, 15) is 9.90 Å². The molecule has 2 unspecified atom stereocenters. The highest BCUT2D eigenvalue weighted by Crippen LogP contribution is 2.49. The van der Waals surface area contributed by atoms with Crippen molar-refractivity contribution in [1.29, 1.82) is 0 Å². The van der Waals surface area contributed by atoms with E-state index in [0.29, 0.717) is 13.2 Å². The van der Waals surface area contributed by atoms with Crippen molar-refractivity contribution in [2.75, 3.05) is 19.8 Å². The minimum absolute atomic E-state index is 0.0894. The molecule has 0 spiro atoms. The molecule has 2 fully saturated rings. The van der Waals surface area contributed by atoms with E-state index in [4.69, 9.17) is 9.47 Å². The van der Waals surface area contributed by atoms with Gasteiger partial charge in [-0.2, -0.15) is 0 Å². The Balaban J connectivity index is 1.88. The fourth-order valence-electron chi connectivity index (χ4n) is 3.13. The van der Waals surface area contributed by atoms with Crippen LogP contribution >= 0.6 is 0 Å². The number of nitrogens with one attached hydrogen (secondary N) is 1. The van der Waals surface area contributed by atoms with Gasteiger partial charge in [-0.1, -0.05) is 0 Å². The van der Waals surface area contributed by atoms with E-state index in [1.807, 2.05) is 20.8 Å². The Morgan fingerprint density at radius 3 is 2.79 bits per heavy atom. The fourth-order valence-corrected chi connectivity index (χ4v) is 3.13. The molecule has 2 aliphatic rings. The van der Waals surface area contributed by atoms with E-state index >= 15 is 0 Å². The van der Waals surface area contributed by atoms with Gasteiger partial charge in [0.05, 0.1) is 18.8 Å². The number of fused-ring (bicyclic) bond motifs is 2. The van der Waals surface area contributed by atoms with Crippen LogP contribution < -0.4 is 5.32 Å². The summed E-state index contributed by atoms with van der Waals surface area (Å²) in [6, 6.07) is 0. The van der Waals surface area contributed by atoms with Crippen LogP contribution in [0.2, 0.25) is 0 Å². The lowest BCUT2D eigenvalue weighted by atomic mass is 9.71. The fraction of sp³-hybridized carbons (Fsp3) is 0.929. The summed E-state index contributed by atoms with van der Waals surface area (Å²) in [5.41, 5.74) is -0.883. The highest BCUT2D eigenvalue weighted by atomic mass is 16.6. The van der Waals surface area contributed by atoms with Crippen molar-refractivity contribution >= 4 is 6.09 Å². The second kappa shape index (κ2) is 4.94. The van der Waals surface area contributed by atoms with Crippen LogP contribution in [-0.4, -0.2) is 42.2 Å². The molecule has 110 valence electrons. The maximum absolute atomic E-state index is 11.7. The van der Waals surface area contributed by atoms with Crippen LogP contribution in [0.4, 0.5) is 4.79 Å². The Morgan fingerprint density at radius 1 is 1.42 bits per heavy atom. The van der Waals surface area contributed by atoms with Gasteiger partial charge in [-0.05, 0) is 46.5 Å². The molecule has 1 aliphatic carbocycles. The SMILES string of the molecule is CC(C)(C)OC(=O)NCC12CCCC(CO)(CO1)C2. The number of rotatable bonds is 3. The van der Waals surface area contributed by atoms with Crippen molar-refractivity contribution in [3.8, 4) is 0 Å². The molecule has 19 heavy (non-hydrogen) atoms. The third kappa shape index (κ3) is 3.39. The summed E-state index contributed by atoms with van der Waals surface area (Å²) in [4.78, 5) is 11.7. The van der Waals surface area contributed by atoms with E-state index in [0.717, 1.165) is 25.7 Å². The van der Waals surface area contributed by atoms with E-state index < -0.39 is 11.7 Å². The molecule has 0 aromatic heterocycles. The summed E-state index contributed by atoms with van der Waals surface area (Å²) in [6.45, 7) is 6.75. The molecule has 5 nitrogen and oxygen atoms in total. The zero-order valence-electron chi connectivity index (χ0n) is 12.1. The van der Waals surface area contributed by atoms with Crippen LogP contribution in [0.3, 0.4) is 0 Å². The Morgan fingerprint density at radius 2 is 2.16 bits per heavy atom. The van der Waals surface area contributed by atoms with Crippen molar-refractivity contribution in [2.45, 2.75) is 57.7 Å². The maximum Gasteiger partial charge on any atom is 0.407 e. The van der Waals surface area contributed by atoms with Crippen LogP contribution in [0, 0.1) is 5.41 Å². The average Bonchev–Trinajstić information content (AvgIpc) is 2.58. The number of alkyl carbamates (subject to hydrolysis) is 1. The first-order valence-corrected chi connectivity index (χ1v) is 7.00. The molecule has 1 saturated carbocycles. The van der Waals surface area contributed by atoms with Gasteiger partial charge in [-0.3, -0.25) is 0 Å². The summed E-state index contributed by atoms with van der Waals surface area (Å²) in [7, 11) is 0. The number of carbonyl (C=O) groups excluding carboxylic acids is 1. The van der Waals surface area contributed by atoms with Crippen molar-refractivity contribution in [3.63, 3.8) is 0 Å². The molecule has 0 aromatic carbocycles. The normalized spacial score (nSPS) is 34.1. The lowest BCUT2D eigenvalue weighted by Gasteiger charge is -2.36. The summed E-state index contributed by atoms with van der Waals surface area (Å²) in [5, 5.41) is 12.3. The van der Waals surface area contributed by atoms with E-state index in [1.165, 1.54) is 0 Å². The van der Waals surface area contributed by atoms with Gasteiger partial charge in [-0.25, -0.2) is 4.79 Å². The molecule has 0 aromatic rings. The van der Waals surface area contributed by atoms with Gasteiger partial charge < -0.3 is 19.9 Å². The first-order chi connectivity index (χ1) is 8.78. The van der Waals surface area contributed by atoms with E-state index in [-0.39, 0.29) is 17.6 Å². The minimum Gasteiger partial charge on any atom is -0.444 e. The molecular weight excluding hydrogens is 246 g/mol. The molecule has 2 rings (SSSR count). The Bertz CT molecular complexity index is 352. The van der Waals surface area contributed by atoms with Gasteiger partial charge in [0, 0.05) is 12.0 Å². The van der Waals surface area contributed by atoms with Crippen LogP contribution in [0.15, 0.2) is 0 Å². The predicted molar refractivity (Wildman–Crippen MR) is 70.9 cm³/mol. The van der Waals surface area contributed by atoms with Crippen molar-refractivity contribution in [3.05, 3.63) is 0 Å². The smallest absolute Gasteiger partial charge is 0.407 e. The van der Waals surface area contributed by atoms with Gasteiger partial charge in [0.1, 0.15) is 5.60 Å². The van der Waals surface area contributed by atoms with Crippen LogP contribution in [0.5, 0.6) is 0 Å². The predicted octanol–water partition coefficient (Wildman–Crippen LogP) is 1.83. The summed E-state index contributed by atoms with van der Waals surface area (Å²) >= 11 is 0. The number of carbonyl (C=O) groups is 1. The molecule has 5 heteroatoms. The Kier molecular flexibility index (Phi) is 3.80. The van der Waals surface area contributed by atoms with E-state index in [2.05, 4.69) is 5.32 Å². The summed E-state index contributed by atoms with van der Waals surface area (Å²) in [5.74, 6) is 0. The third-order valence-corrected chi connectivity index (χ3v) is 4.01. The zero-order chi connectivity index (χ0) is 14.1. The third-order valence-electron chi connectivity index (χ3n) is 4.01. The number of ether oxygens (including phenoxy) is 2. The van der Waals surface area contributed by atoms with Crippen LogP contribution in [0.25, 0.3) is 0 Å². The molecular formula is C14H25NO4. The summed E-state index contributed by atoms with van der Waals surface area (Å²) in [6.07, 6.45) is 3.41. The van der Waals surface area contributed by atoms with Crippen LogP contribution in [-0.2, 0) is 9.47 Å². The maximum atomic E-state index is 11.7. The Labute approximate surface area is 114 Å². The van der Waals surface area contributed by atoms with Gasteiger partial charge in [0.15, 0.2) is 0 Å². The lowest BCUT2D eigenvalue weighted by Crippen LogP contribution is -2.46. The number of amides is 1. The van der Waals surface area contributed by atoms with Crippen LogP contribution in [0.1, 0.15) is 46.5 Å². The second-order valence-electron chi connectivity index (χ2n) is 7.02. The van der Waals surface area contributed by atoms with Gasteiger partial charge in [0.25, 0.3) is 0 Å². The summed E-state index contributed by atoms with van der Waals surface area (Å²) < 4.78 is 11.1. The molecule has 1 aliphatic heterocycles. The average molecular weight is 271 g/mol. The lowest BCUT2D eigenvalue weighted by molar-refractivity contribution is -0.00577. The van der Waals surface area contributed by atoms with Crippen molar-refractivity contribution in [2.24, 2.45) is 5.41 Å². The number of aliphatic hydroxyl groups excluding tert-OH is 1. The Hall–Kier alpha value is -0.810. The topological polar surface area (TPSA) is 67.8 Å². The molecule has 1 amide bonds. The first-order valence-electron chi connectivity index (χ1n) is 7.00. The van der Waals surface area contributed by atoms with Crippen molar-refractivity contribution < 1.29 is 19.4 Å². The standard InChI is InChI=1S/C14H25NO4/c1-12(2,3)19-11(17)15-8-14-6-4-5-13(7-14,9-16)10-18-14/h16H,4-10H2,1-3H3,(H,15,17). The monoisotopic (exact) mass is 271 g/mol. The van der Waals surface area contributed by atoms with Gasteiger partial charge in [-0.15, -0.1) is 0 Å². The number of hydrogen-bond acceptors (Lipinski definition) is 4. The molecule has 2 N–H and O–H groups in total. The van der Waals surface area contributed by atoms with Gasteiger partial charge in [0.2, 0.25) is 0 Å². The molecule has 1 saturated heterocycles. The van der Waals surface area contributed by atoms with E-state index in [1.54, 1.807) is 0 Å². The largest absolute Gasteiger partial charge is 0.444 e. The molecule has 1 heterocycles. The van der Waals surface area contributed by atoms with Gasteiger partial charge >= 0.3 is 6.09 Å². The molecule has 2 bridgehead atoms. The first kappa shape index (κ1) is 14.6. The number of aliphatic hydroxyl groups is 1. The molecule has 2 atom stereocenters. The second-order valence-corrected chi connectivity index (χ2v) is 7.02. The quantitative estimate of drug-likeness (QED) is 0.822. The highest BCUT2D eigenvalue weighted by molar-refractivity contribution is 5.67. The minimum atomic E-state index is -0.486. The highest BCUT2D eigenvalue weighted by Gasteiger charge is 2.52. The van der Waals surface area contributed by atoms with Crippen molar-refractivity contribution in [1.82, 2.24) is 5.32 Å². The number of hydrogen-bond donors (Lipinski definition) is 2. The molecule has 0 radical (unpaired) electrons. The zero-order valence-corrected chi connectivity index (χ0v) is 12.1.